The van der Waals surface area contributed by atoms with Gasteiger partial charge in [0.1, 0.15) is 0 Å². The highest BCUT2D eigenvalue weighted by Gasteiger charge is 2.12. The van der Waals surface area contributed by atoms with Gasteiger partial charge in [0.2, 0.25) is 5.91 Å². The SMILES string of the molecule is NNC(=O)Cc1ccc(CCc2cccc(N3CCCC3)c2)cc1. The molecule has 1 fully saturated rings. The second-order valence-electron chi connectivity index (χ2n) is 6.42. The van der Waals surface area contributed by atoms with E-state index in [0.717, 1.165) is 18.4 Å². The minimum Gasteiger partial charge on any atom is -0.372 e. The molecule has 0 spiro atoms. The van der Waals surface area contributed by atoms with Gasteiger partial charge in [-0.1, -0.05) is 36.4 Å². The topological polar surface area (TPSA) is 58.4 Å². The fourth-order valence-corrected chi connectivity index (χ4v) is 3.23. The zero-order chi connectivity index (χ0) is 16.8. The smallest absolute Gasteiger partial charge is 0.238 e. The molecular weight excluding hydrogens is 298 g/mol. The number of hydrogen-bond acceptors (Lipinski definition) is 3. The van der Waals surface area contributed by atoms with Crippen LogP contribution in [0.1, 0.15) is 29.5 Å². The van der Waals surface area contributed by atoms with Crippen molar-refractivity contribution < 1.29 is 4.79 Å². The van der Waals surface area contributed by atoms with E-state index in [0.29, 0.717) is 6.42 Å². The summed E-state index contributed by atoms with van der Waals surface area (Å²) in [6.07, 6.45) is 4.98. The van der Waals surface area contributed by atoms with Gasteiger partial charge in [0, 0.05) is 18.8 Å². The number of amides is 1. The maximum atomic E-state index is 11.3. The number of nitrogens with two attached hydrogens (primary N) is 1. The lowest BCUT2D eigenvalue weighted by Crippen LogP contribution is -2.31. The quantitative estimate of drug-likeness (QED) is 0.488. The van der Waals surface area contributed by atoms with Crippen LogP contribution in [0.4, 0.5) is 5.69 Å². The van der Waals surface area contributed by atoms with Gasteiger partial charge in [-0.3, -0.25) is 10.2 Å². The van der Waals surface area contributed by atoms with Crippen molar-refractivity contribution in [2.24, 2.45) is 5.84 Å². The summed E-state index contributed by atoms with van der Waals surface area (Å²) < 4.78 is 0. The number of carbonyl (C=O) groups is 1. The monoisotopic (exact) mass is 323 g/mol. The first-order valence-electron chi connectivity index (χ1n) is 8.66. The molecule has 0 aromatic heterocycles. The van der Waals surface area contributed by atoms with Crippen LogP contribution in [-0.2, 0) is 24.1 Å². The van der Waals surface area contributed by atoms with Crippen LogP contribution in [0.5, 0.6) is 0 Å². The van der Waals surface area contributed by atoms with Crippen LogP contribution in [-0.4, -0.2) is 19.0 Å². The van der Waals surface area contributed by atoms with E-state index < -0.39 is 0 Å². The molecule has 3 rings (SSSR count). The molecule has 126 valence electrons. The van der Waals surface area contributed by atoms with Crippen LogP contribution in [0.15, 0.2) is 48.5 Å². The standard InChI is InChI=1S/C20H25N3O/c21-22-20(24)15-18-10-7-16(8-11-18)6-9-17-4-3-5-19(14-17)23-12-1-2-13-23/h3-5,7-8,10-11,14H,1-2,6,9,12-13,15,21H2,(H,22,24). The maximum absolute atomic E-state index is 11.3. The number of hydrogen-bond donors (Lipinski definition) is 2. The summed E-state index contributed by atoms with van der Waals surface area (Å²) in [5.74, 6) is 4.95. The van der Waals surface area contributed by atoms with Crippen LogP contribution in [0.3, 0.4) is 0 Å². The molecule has 0 radical (unpaired) electrons. The average molecular weight is 323 g/mol. The second-order valence-corrected chi connectivity index (χ2v) is 6.42. The van der Waals surface area contributed by atoms with Crippen molar-refractivity contribution in [2.75, 3.05) is 18.0 Å². The zero-order valence-corrected chi connectivity index (χ0v) is 14.0. The lowest BCUT2D eigenvalue weighted by atomic mass is 10.0. The Morgan fingerprint density at radius 3 is 2.33 bits per heavy atom. The number of anilines is 1. The molecule has 4 heteroatoms. The van der Waals surface area contributed by atoms with Crippen molar-refractivity contribution in [1.82, 2.24) is 5.43 Å². The highest BCUT2D eigenvalue weighted by Crippen LogP contribution is 2.22. The number of nitrogens with one attached hydrogen (secondary N) is 1. The van der Waals surface area contributed by atoms with Gasteiger partial charge >= 0.3 is 0 Å². The summed E-state index contributed by atoms with van der Waals surface area (Å²) >= 11 is 0. The van der Waals surface area contributed by atoms with Crippen LogP contribution < -0.4 is 16.2 Å². The van der Waals surface area contributed by atoms with Crippen molar-refractivity contribution in [3.8, 4) is 0 Å². The maximum Gasteiger partial charge on any atom is 0.238 e. The number of benzene rings is 2. The summed E-state index contributed by atoms with van der Waals surface area (Å²) in [5.41, 5.74) is 7.17. The Morgan fingerprint density at radius 2 is 1.62 bits per heavy atom. The Balaban J connectivity index is 1.57. The summed E-state index contributed by atoms with van der Waals surface area (Å²) in [6.45, 7) is 2.36. The predicted molar refractivity (Wildman–Crippen MR) is 97.8 cm³/mol. The molecule has 0 bridgehead atoms. The minimum atomic E-state index is -0.165. The van der Waals surface area contributed by atoms with E-state index in [1.807, 2.05) is 12.1 Å². The lowest BCUT2D eigenvalue weighted by molar-refractivity contribution is -0.120. The van der Waals surface area contributed by atoms with Gasteiger partial charge < -0.3 is 4.90 Å². The van der Waals surface area contributed by atoms with Crippen molar-refractivity contribution >= 4 is 11.6 Å². The molecule has 1 saturated heterocycles. The molecule has 0 aliphatic carbocycles. The van der Waals surface area contributed by atoms with E-state index in [2.05, 4.69) is 46.7 Å². The second kappa shape index (κ2) is 7.97. The lowest BCUT2D eigenvalue weighted by Gasteiger charge is -2.18. The first-order chi connectivity index (χ1) is 11.7. The van der Waals surface area contributed by atoms with E-state index >= 15 is 0 Å². The Labute approximate surface area is 143 Å². The molecule has 24 heavy (non-hydrogen) atoms. The summed E-state index contributed by atoms with van der Waals surface area (Å²) in [4.78, 5) is 13.8. The van der Waals surface area contributed by atoms with Gasteiger partial charge in [-0.05, 0) is 54.5 Å². The van der Waals surface area contributed by atoms with Gasteiger partial charge in [0.05, 0.1) is 6.42 Å². The molecule has 0 atom stereocenters. The van der Waals surface area contributed by atoms with Crippen molar-refractivity contribution in [3.05, 3.63) is 65.2 Å². The summed E-state index contributed by atoms with van der Waals surface area (Å²) in [6, 6.07) is 17.1. The van der Waals surface area contributed by atoms with Crippen molar-refractivity contribution in [1.29, 1.82) is 0 Å². The zero-order valence-electron chi connectivity index (χ0n) is 14.0. The highest BCUT2D eigenvalue weighted by atomic mass is 16.2. The number of nitrogens with zero attached hydrogens (tertiary/aromatic N) is 1. The molecule has 1 heterocycles. The molecular formula is C20H25N3O. The van der Waals surface area contributed by atoms with E-state index in [-0.39, 0.29) is 5.91 Å². The Morgan fingerprint density at radius 1 is 0.958 bits per heavy atom. The van der Waals surface area contributed by atoms with Gasteiger partial charge in [0.25, 0.3) is 0 Å². The fraction of sp³-hybridized carbons (Fsp3) is 0.350. The Bertz CT molecular complexity index is 676. The Kier molecular flexibility index (Phi) is 5.49. The largest absolute Gasteiger partial charge is 0.372 e. The number of aryl methyl sites for hydroxylation is 2. The van der Waals surface area contributed by atoms with Crippen LogP contribution in [0.25, 0.3) is 0 Å². The van der Waals surface area contributed by atoms with Crippen LogP contribution in [0.2, 0.25) is 0 Å². The molecule has 2 aromatic rings. The number of hydrazine groups is 1. The molecule has 0 saturated carbocycles. The third kappa shape index (κ3) is 4.36. The van der Waals surface area contributed by atoms with Crippen molar-refractivity contribution in [2.45, 2.75) is 32.1 Å². The van der Waals surface area contributed by atoms with Gasteiger partial charge in [0.15, 0.2) is 0 Å². The van der Waals surface area contributed by atoms with E-state index in [9.17, 15) is 4.79 Å². The van der Waals surface area contributed by atoms with Gasteiger partial charge in [-0.15, -0.1) is 0 Å². The first-order valence-corrected chi connectivity index (χ1v) is 8.66. The van der Waals surface area contributed by atoms with E-state index in [1.54, 1.807) is 0 Å². The Hall–Kier alpha value is -2.33. The third-order valence-electron chi connectivity index (χ3n) is 4.63. The fourth-order valence-electron chi connectivity index (χ4n) is 3.23. The van der Waals surface area contributed by atoms with Gasteiger partial charge in [-0.2, -0.15) is 0 Å². The van der Waals surface area contributed by atoms with Gasteiger partial charge in [-0.25, -0.2) is 5.84 Å². The molecule has 3 N–H and O–H groups in total. The molecule has 1 amide bonds. The summed E-state index contributed by atoms with van der Waals surface area (Å²) in [5, 5.41) is 0. The summed E-state index contributed by atoms with van der Waals surface area (Å²) in [7, 11) is 0. The molecule has 4 nitrogen and oxygen atoms in total. The van der Waals surface area contributed by atoms with E-state index in [1.165, 1.54) is 42.7 Å². The third-order valence-corrected chi connectivity index (χ3v) is 4.63. The average Bonchev–Trinajstić information content (AvgIpc) is 3.16. The highest BCUT2D eigenvalue weighted by molar-refractivity contribution is 5.77. The molecule has 1 aliphatic heterocycles. The molecule has 2 aromatic carbocycles. The minimum absolute atomic E-state index is 0.165. The molecule has 0 unspecified atom stereocenters. The van der Waals surface area contributed by atoms with Crippen LogP contribution in [0, 0.1) is 0 Å². The normalized spacial score (nSPS) is 14.0. The van der Waals surface area contributed by atoms with E-state index in [4.69, 9.17) is 5.84 Å². The number of carbonyl (C=O) groups excluding carboxylic acids is 1. The molecule has 1 aliphatic rings. The predicted octanol–water partition coefficient (Wildman–Crippen LogP) is 2.60. The van der Waals surface area contributed by atoms with Crippen molar-refractivity contribution in [3.63, 3.8) is 0 Å². The van der Waals surface area contributed by atoms with Crippen LogP contribution >= 0.6 is 0 Å². The first kappa shape index (κ1) is 16.5. The number of rotatable bonds is 6.